The monoisotopic (exact) mass is 544 g/mol. The molecule has 0 aliphatic heterocycles. The second kappa shape index (κ2) is 12.1. The van der Waals surface area contributed by atoms with E-state index in [0.29, 0.717) is 29.0 Å². The summed E-state index contributed by atoms with van der Waals surface area (Å²) < 4.78 is 48.2. The van der Waals surface area contributed by atoms with E-state index >= 15 is 0 Å². The molecule has 1 heterocycles. The van der Waals surface area contributed by atoms with Gasteiger partial charge in [-0.25, -0.2) is 4.98 Å². The highest BCUT2D eigenvalue weighted by Crippen LogP contribution is 2.30. The van der Waals surface area contributed by atoms with Gasteiger partial charge in [0.05, 0.1) is 20.8 Å². The molecule has 6 nitrogen and oxygen atoms in total. The van der Waals surface area contributed by atoms with Crippen LogP contribution in [0.15, 0.2) is 28.6 Å². The second-order valence-electron chi connectivity index (χ2n) is 5.77. The van der Waals surface area contributed by atoms with Gasteiger partial charge in [0, 0.05) is 19.0 Å². The van der Waals surface area contributed by atoms with Crippen molar-refractivity contribution < 1.29 is 22.6 Å². The average molecular weight is 544 g/mol. The van der Waals surface area contributed by atoms with Crippen molar-refractivity contribution in [2.45, 2.75) is 25.6 Å². The first-order valence-electron chi connectivity index (χ1n) is 8.54. The van der Waals surface area contributed by atoms with Crippen LogP contribution < -0.4 is 20.1 Å². The zero-order valence-corrected chi connectivity index (χ0v) is 19.4. The van der Waals surface area contributed by atoms with E-state index in [2.05, 4.69) is 20.6 Å². The van der Waals surface area contributed by atoms with Gasteiger partial charge >= 0.3 is 6.18 Å². The van der Waals surface area contributed by atoms with Gasteiger partial charge in [0.15, 0.2) is 23.2 Å². The molecular formula is C18H24F3IN4O2S. The number of hydrogen-bond donors (Lipinski definition) is 2. The molecule has 11 heteroatoms. The Hall–Kier alpha value is -1.76. The number of benzene rings is 1. The van der Waals surface area contributed by atoms with Crippen molar-refractivity contribution >= 4 is 41.3 Å². The summed E-state index contributed by atoms with van der Waals surface area (Å²) in [5.41, 5.74) is 0.247. The molecule has 0 saturated heterocycles. The predicted molar refractivity (Wildman–Crippen MR) is 119 cm³/mol. The third kappa shape index (κ3) is 7.88. The van der Waals surface area contributed by atoms with Crippen molar-refractivity contribution in [1.29, 1.82) is 0 Å². The number of ether oxygens (including phenoxy) is 2. The van der Waals surface area contributed by atoms with Crippen LogP contribution >= 0.6 is 35.3 Å². The van der Waals surface area contributed by atoms with Crippen LogP contribution in [0.3, 0.4) is 0 Å². The summed E-state index contributed by atoms with van der Waals surface area (Å²) in [6.45, 7) is 0.829. The molecule has 0 radical (unpaired) electrons. The molecule has 2 rings (SSSR count). The Kier molecular flexibility index (Phi) is 10.5. The molecule has 0 fully saturated rings. The Morgan fingerprint density at radius 1 is 1.17 bits per heavy atom. The van der Waals surface area contributed by atoms with Crippen LogP contribution in [-0.2, 0) is 19.1 Å². The van der Waals surface area contributed by atoms with Gasteiger partial charge in [-0.2, -0.15) is 13.2 Å². The summed E-state index contributed by atoms with van der Waals surface area (Å²) in [5, 5.41) is 7.46. The maximum Gasteiger partial charge on any atom is 0.434 e. The van der Waals surface area contributed by atoms with Crippen molar-refractivity contribution in [3.63, 3.8) is 0 Å². The summed E-state index contributed by atoms with van der Waals surface area (Å²) >= 11 is 0.962. The Bertz CT molecular complexity index is 800. The van der Waals surface area contributed by atoms with E-state index in [-0.39, 0.29) is 30.5 Å². The minimum atomic E-state index is -4.42. The van der Waals surface area contributed by atoms with Crippen LogP contribution in [0.1, 0.15) is 22.7 Å². The Morgan fingerprint density at radius 3 is 2.48 bits per heavy atom. The molecule has 0 atom stereocenters. The number of halogens is 4. The van der Waals surface area contributed by atoms with Crippen LogP contribution in [0.25, 0.3) is 0 Å². The highest BCUT2D eigenvalue weighted by Gasteiger charge is 2.33. The smallest absolute Gasteiger partial charge is 0.434 e. The third-order valence-corrected chi connectivity index (χ3v) is 4.70. The summed E-state index contributed by atoms with van der Waals surface area (Å²) in [5.74, 6) is 1.88. The molecule has 0 spiro atoms. The van der Waals surface area contributed by atoms with Crippen molar-refractivity contribution in [3.8, 4) is 11.5 Å². The lowest BCUT2D eigenvalue weighted by Crippen LogP contribution is -2.37. The third-order valence-electron chi connectivity index (χ3n) is 3.86. The summed E-state index contributed by atoms with van der Waals surface area (Å²) in [6.07, 6.45) is -2.75. The Balaban J connectivity index is 0.00000420. The summed E-state index contributed by atoms with van der Waals surface area (Å²) in [7, 11) is 4.79. The van der Waals surface area contributed by atoms with Gasteiger partial charge in [-0.05, 0) is 30.5 Å². The lowest BCUT2D eigenvalue weighted by Gasteiger charge is -2.12. The highest BCUT2D eigenvalue weighted by molar-refractivity contribution is 14.0. The van der Waals surface area contributed by atoms with E-state index < -0.39 is 11.9 Å². The molecule has 29 heavy (non-hydrogen) atoms. The van der Waals surface area contributed by atoms with Crippen molar-refractivity contribution in [2.75, 3.05) is 27.8 Å². The van der Waals surface area contributed by atoms with Gasteiger partial charge in [-0.15, -0.1) is 35.3 Å². The number of guanidine groups is 1. The summed E-state index contributed by atoms with van der Waals surface area (Å²) in [4.78, 5) is 7.65. The minimum Gasteiger partial charge on any atom is -0.493 e. The topological polar surface area (TPSA) is 67.8 Å². The number of aliphatic imine (C=N–C) groups is 1. The maximum atomic E-state index is 12.6. The van der Waals surface area contributed by atoms with E-state index in [1.807, 2.05) is 18.2 Å². The lowest BCUT2D eigenvalue weighted by molar-refractivity contribution is -0.140. The zero-order chi connectivity index (χ0) is 20.6. The maximum absolute atomic E-state index is 12.6. The Labute approximate surface area is 188 Å². The highest BCUT2D eigenvalue weighted by atomic mass is 127. The quantitative estimate of drug-likeness (QED) is 0.227. The number of nitrogens with zero attached hydrogens (tertiary/aromatic N) is 2. The summed E-state index contributed by atoms with van der Waals surface area (Å²) in [6, 6.07) is 5.78. The van der Waals surface area contributed by atoms with E-state index in [0.717, 1.165) is 35.1 Å². The van der Waals surface area contributed by atoms with Crippen molar-refractivity contribution in [3.05, 3.63) is 39.8 Å². The molecule has 0 amide bonds. The molecule has 0 saturated carbocycles. The van der Waals surface area contributed by atoms with Gasteiger partial charge in [-0.3, -0.25) is 4.99 Å². The van der Waals surface area contributed by atoms with Crippen molar-refractivity contribution in [1.82, 2.24) is 15.6 Å². The molecule has 1 aromatic heterocycles. The number of methoxy groups -OCH3 is 2. The van der Waals surface area contributed by atoms with Crippen LogP contribution in [-0.4, -0.2) is 38.8 Å². The van der Waals surface area contributed by atoms with Gasteiger partial charge in [0.1, 0.15) is 5.01 Å². The number of aryl methyl sites for hydroxylation is 1. The fraction of sp³-hybridized carbons (Fsp3) is 0.444. The van der Waals surface area contributed by atoms with Gasteiger partial charge in [0.25, 0.3) is 0 Å². The average Bonchev–Trinajstić information content (AvgIpc) is 3.16. The van der Waals surface area contributed by atoms with Gasteiger partial charge in [0.2, 0.25) is 0 Å². The van der Waals surface area contributed by atoms with Crippen LogP contribution in [0.2, 0.25) is 0 Å². The number of thiazole rings is 1. The molecule has 0 aliphatic rings. The fourth-order valence-electron chi connectivity index (χ4n) is 2.44. The molecule has 2 aromatic rings. The predicted octanol–water partition coefficient (Wildman–Crippen LogP) is 4.09. The number of nitrogens with one attached hydrogen (secondary N) is 2. The van der Waals surface area contributed by atoms with E-state index in [4.69, 9.17) is 9.47 Å². The molecule has 0 bridgehead atoms. The number of aromatic nitrogens is 1. The SMILES string of the molecule is CN=C(NCCCc1ccc(OC)c(OC)c1)NCc1nc(C(F)(F)F)cs1.I. The molecular weight excluding hydrogens is 520 g/mol. The largest absolute Gasteiger partial charge is 0.493 e. The standard InChI is InChI=1S/C18H23F3N4O2S.HI/c1-22-17(24-10-16-25-15(11-28-16)18(19,20)21)23-8-4-5-12-6-7-13(26-2)14(9-12)27-3;/h6-7,9,11H,4-5,8,10H2,1-3H3,(H2,22,23,24);1H. The zero-order valence-electron chi connectivity index (χ0n) is 16.3. The lowest BCUT2D eigenvalue weighted by atomic mass is 10.1. The first kappa shape index (κ1) is 25.3. The van der Waals surface area contributed by atoms with Gasteiger partial charge in [-0.1, -0.05) is 6.07 Å². The number of hydrogen-bond acceptors (Lipinski definition) is 5. The van der Waals surface area contributed by atoms with E-state index in [9.17, 15) is 13.2 Å². The van der Waals surface area contributed by atoms with E-state index in [1.54, 1.807) is 21.3 Å². The van der Waals surface area contributed by atoms with Crippen LogP contribution in [0, 0.1) is 0 Å². The second-order valence-corrected chi connectivity index (χ2v) is 6.71. The normalized spacial score (nSPS) is 11.6. The fourth-order valence-corrected chi connectivity index (χ4v) is 3.18. The van der Waals surface area contributed by atoms with Crippen LogP contribution in [0.5, 0.6) is 11.5 Å². The molecule has 0 unspecified atom stereocenters. The molecule has 162 valence electrons. The molecule has 1 aromatic carbocycles. The molecule has 2 N–H and O–H groups in total. The van der Waals surface area contributed by atoms with E-state index in [1.165, 1.54) is 0 Å². The minimum absolute atomic E-state index is 0. The Morgan fingerprint density at radius 2 is 1.90 bits per heavy atom. The molecule has 0 aliphatic carbocycles. The van der Waals surface area contributed by atoms with Crippen molar-refractivity contribution in [2.24, 2.45) is 4.99 Å². The van der Waals surface area contributed by atoms with Gasteiger partial charge < -0.3 is 20.1 Å². The first-order valence-corrected chi connectivity index (χ1v) is 9.42. The number of rotatable bonds is 8. The first-order chi connectivity index (χ1) is 13.4. The van der Waals surface area contributed by atoms with Crippen LogP contribution in [0.4, 0.5) is 13.2 Å². The number of alkyl halides is 3.